The van der Waals surface area contributed by atoms with Gasteiger partial charge in [-0.2, -0.15) is 0 Å². The van der Waals surface area contributed by atoms with Crippen molar-refractivity contribution >= 4 is 11.6 Å². The second-order valence-corrected chi connectivity index (χ2v) is 9.55. The van der Waals surface area contributed by atoms with E-state index in [1.165, 1.54) is 19.3 Å². The van der Waals surface area contributed by atoms with Gasteiger partial charge in [-0.15, -0.1) is 0 Å². The van der Waals surface area contributed by atoms with Gasteiger partial charge in [0.2, 0.25) is 0 Å². The molecule has 0 aliphatic heterocycles. The summed E-state index contributed by atoms with van der Waals surface area (Å²) in [5.74, 6) is 4.11. The molecule has 0 saturated heterocycles. The molecule has 4 rings (SSSR count). The number of fused-ring (bicyclic) bond motifs is 5. The van der Waals surface area contributed by atoms with Crippen LogP contribution in [0.1, 0.15) is 78.6 Å². The van der Waals surface area contributed by atoms with Crippen LogP contribution in [0.3, 0.4) is 0 Å². The first kappa shape index (κ1) is 15.8. The number of ketones is 2. The van der Waals surface area contributed by atoms with Gasteiger partial charge < -0.3 is 0 Å². The molecule has 0 aromatic carbocycles. The molecule has 0 aromatic heterocycles. The van der Waals surface area contributed by atoms with E-state index in [4.69, 9.17) is 0 Å². The molecule has 4 fully saturated rings. The molecule has 0 amide bonds. The van der Waals surface area contributed by atoms with E-state index in [1.807, 2.05) is 0 Å². The van der Waals surface area contributed by atoms with E-state index in [1.54, 1.807) is 0 Å². The molecule has 4 saturated carbocycles. The normalized spacial score (nSPS) is 52.7. The third-order valence-electron chi connectivity index (χ3n) is 8.86. The molecular formula is C21H32O2. The summed E-state index contributed by atoms with van der Waals surface area (Å²) >= 11 is 0. The molecule has 0 bridgehead atoms. The van der Waals surface area contributed by atoms with Crippen LogP contribution >= 0.6 is 0 Å². The molecule has 0 heterocycles. The lowest BCUT2D eigenvalue weighted by Crippen LogP contribution is -2.55. The number of hydrogen-bond donors (Lipinski definition) is 0. The van der Waals surface area contributed by atoms with Gasteiger partial charge in [0.15, 0.2) is 0 Å². The molecule has 128 valence electrons. The summed E-state index contributed by atoms with van der Waals surface area (Å²) in [5, 5.41) is 0. The van der Waals surface area contributed by atoms with Crippen LogP contribution in [0.15, 0.2) is 0 Å². The zero-order chi connectivity index (χ0) is 16.4. The van der Waals surface area contributed by atoms with Crippen molar-refractivity contribution < 1.29 is 9.59 Å². The average Bonchev–Trinajstić information content (AvgIpc) is 2.83. The summed E-state index contributed by atoms with van der Waals surface area (Å²) < 4.78 is 0. The lowest BCUT2D eigenvalue weighted by atomic mass is 9.44. The highest BCUT2D eigenvalue weighted by molar-refractivity contribution is 5.87. The Hall–Kier alpha value is -0.660. The van der Waals surface area contributed by atoms with Crippen molar-refractivity contribution in [2.24, 2.45) is 40.4 Å². The first-order valence-corrected chi connectivity index (χ1v) is 9.96. The Kier molecular flexibility index (Phi) is 3.56. The Labute approximate surface area is 140 Å². The van der Waals surface area contributed by atoms with E-state index in [0.717, 1.165) is 50.4 Å². The maximum absolute atomic E-state index is 12.5. The molecule has 0 aromatic rings. The highest BCUT2D eigenvalue weighted by Crippen LogP contribution is 2.65. The highest BCUT2D eigenvalue weighted by atomic mass is 16.1. The monoisotopic (exact) mass is 316 g/mol. The van der Waals surface area contributed by atoms with Crippen LogP contribution in [0.25, 0.3) is 0 Å². The lowest BCUT2D eigenvalue weighted by molar-refractivity contribution is -0.150. The largest absolute Gasteiger partial charge is 0.299 e. The quantitative estimate of drug-likeness (QED) is 0.696. The van der Waals surface area contributed by atoms with Crippen LogP contribution in [0.2, 0.25) is 0 Å². The van der Waals surface area contributed by atoms with Gasteiger partial charge in [-0.05, 0) is 74.0 Å². The second-order valence-electron chi connectivity index (χ2n) is 9.55. The van der Waals surface area contributed by atoms with Gasteiger partial charge in [-0.3, -0.25) is 9.59 Å². The van der Waals surface area contributed by atoms with Crippen molar-refractivity contribution in [3.8, 4) is 0 Å². The molecule has 0 N–H and O–H groups in total. The SMILES string of the molecule is CCC1C[C@@]2(C)C(CC[C@@H]3[C@@H]2CC[C@]2(C)C(=O)CC[C@@H]32)CC1=O. The van der Waals surface area contributed by atoms with E-state index in [0.29, 0.717) is 34.7 Å². The topological polar surface area (TPSA) is 34.1 Å². The molecule has 4 aliphatic carbocycles. The van der Waals surface area contributed by atoms with E-state index in [2.05, 4.69) is 20.8 Å². The molecule has 4 aliphatic rings. The number of carbonyl (C=O) groups is 2. The Balaban J connectivity index is 1.65. The van der Waals surface area contributed by atoms with Gasteiger partial charge in [0.05, 0.1) is 0 Å². The van der Waals surface area contributed by atoms with E-state index >= 15 is 0 Å². The molecule has 0 radical (unpaired) electrons. The molecular weight excluding hydrogens is 284 g/mol. The molecule has 0 spiro atoms. The molecule has 2 nitrogen and oxygen atoms in total. The number of Topliss-reactive ketones (excluding diaryl/α,β-unsaturated/α-hetero) is 2. The zero-order valence-electron chi connectivity index (χ0n) is 15.1. The van der Waals surface area contributed by atoms with Gasteiger partial charge in [0.25, 0.3) is 0 Å². The Morgan fingerprint density at radius 3 is 2.57 bits per heavy atom. The first-order chi connectivity index (χ1) is 10.9. The van der Waals surface area contributed by atoms with Gasteiger partial charge >= 0.3 is 0 Å². The van der Waals surface area contributed by atoms with Crippen molar-refractivity contribution in [2.75, 3.05) is 0 Å². The summed E-state index contributed by atoms with van der Waals surface area (Å²) in [6.45, 7) is 6.94. The fourth-order valence-corrected chi connectivity index (χ4v) is 7.39. The number of rotatable bonds is 1. The summed E-state index contributed by atoms with van der Waals surface area (Å²) in [4.78, 5) is 24.9. The van der Waals surface area contributed by atoms with E-state index in [9.17, 15) is 9.59 Å². The third kappa shape index (κ3) is 2.05. The van der Waals surface area contributed by atoms with Crippen LogP contribution in [-0.2, 0) is 9.59 Å². The van der Waals surface area contributed by atoms with Crippen LogP contribution in [0.5, 0.6) is 0 Å². The first-order valence-electron chi connectivity index (χ1n) is 9.96. The predicted octanol–water partition coefficient (Wildman–Crippen LogP) is 4.80. The summed E-state index contributed by atoms with van der Waals surface area (Å²) in [6.07, 6.45) is 9.73. The minimum atomic E-state index is -0.0149. The molecule has 2 unspecified atom stereocenters. The Morgan fingerprint density at radius 2 is 1.83 bits per heavy atom. The van der Waals surface area contributed by atoms with Gasteiger partial charge in [0.1, 0.15) is 11.6 Å². The van der Waals surface area contributed by atoms with E-state index < -0.39 is 0 Å². The molecule has 23 heavy (non-hydrogen) atoms. The molecule has 2 heteroatoms. The number of carbonyl (C=O) groups excluding carboxylic acids is 2. The average molecular weight is 316 g/mol. The molecule has 7 atom stereocenters. The highest BCUT2D eigenvalue weighted by Gasteiger charge is 2.60. The van der Waals surface area contributed by atoms with Crippen molar-refractivity contribution in [3.63, 3.8) is 0 Å². The maximum Gasteiger partial charge on any atom is 0.139 e. The Morgan fingerprint density at radius 1 is 1.04 bits per heavy atom. The minimum absolute atomic E-state index is 0.0149. The third-order valence-corrected chi connectivity index (χ3v) is 8.86. The fourth-order valence-electron chi connectivity index (χ4n) is 7.39. The van der Waals surface area contributed by atoms with Crippen LogP contribution in [-0.4, -0.2) is 11.6 Å². The second kappa shape index (κ2) is 5.17. The zero-order valence-corrected chi connectivity index (χ0v) is 15.1. The Bertz CT molecular complexity index is 538. The lowest BCUT2D eigenvalue weighted by Gasteiger charge is -2.60. The summed E-state index contributed by atoms with van der Waals surface area (Å²) in [7, 11) is 0. The van der Waals surface area contributed by atoms with Gasteiger partial charge in [-0.25, -0.2) is 0 Å². The predicted molar refractivity (Wildman–Crippen MR) is 90.9 cm³/mol. The summed E-state index contributed by atoms with van der Waals surface area (Å²) in [5.41, 5.74) is 0.337. The smallest absolute Gasteiger partial charge is 0.139 e. The van der Waals surface area contributed by atoms with Crippen LogP contribution in [0.4, 0.5) is 0 Å². The van der Waals surface area contributed by atoms with Crippen molar-refractivity contribution in [2.45, 2.75) is 78.6 Å². The van der Waals surface area contributed by atoms with Crippen LogP contribution < -0.4 is 0 Å². The number of hydrogen-bond acceptors (Lipinski definition) is 2. The summed E-state index contributed by atoms with van der Waals surface area (Å²) in [6, 6.07) is 0. The van der Waals surface area contributed by atoms with Crippen LogP contribution in [0, 0.1) is 40.4 Å². The standard InChI is InChI=1S/C21H32O2/c1-4-13-12-21(3)14(11-18(13)22)5-6-15-16-7-8-19(23)20(16,2)10-9-17(15)21/h13-17H,4-12H2,1-3H3/t13?,14?,15-,16-,17-,20-,21-/m0/s1. The van der Waals surface area contributed by atoms with Gasteiger partial charge in [-0.1, -0.05) is 20.8 Å². The minimum Gasteiger partial charge on any atom is -0.299 e. The maximum atomic E-state index is 12.5. The van der Waals surface area contributed by atoms with Crippen molar-refractivity contribution in [1.29, 1.82) is 0 Å². The van der Waals surface area contributed by atoms with Gasteiger partial charge in [0, 0.05) is 24.2 Å². The van der Waals surface area contributed by atoms with Crippen molar-refractivity contribution in [3.05, 3.63) is 0 Å². The fraction of sp³-hybridized carbons (Fsp3) is 0.905. The van der Waals surface area contributed by atoms with Crippen molar-refractivity contribution in [1.82, 2.24) is 0 Å². The van der Waals surface area contributed by atoms with E-state index in [-0.39, 0.29) is 5.41 Å².